The number of primary amides is 1. The van der Waals surface area contributed by atoms with Crippen molar-refractivity contribution in [3.8, 4) is 11.5 Å². The summed E-state index contributed by atoms with van der Waals surface area (Å²) in [6.07, 6.45) is 8.85. The first-order chi connectivity index (χ1) is 15.1. The lowest BCUT2D eigenvalue weighted by Crippen LogP contribution is -2.53. The van der Waals surface area contributed by atoms with Gasteiger partial charge in [-0.25, -0.2) is 0 Å². The molecule has 0 aliphatic rings. The molecule has 31 heavy (non-hydrogen) atoms. The standard InChI is InChI=1S/C24H28N4O3/c1-30-20-7-8-21(22(15-20)31-2)24(23(25)29,11-9-18-5-3-12-26-16-18)28-14-10-19-6-4-13-27-17-19/h3-8,12-13,15-17,28H,9-11,14H2,1-2H3,(H2,25,29). The molecule has 2 aromatic heterocycles. The quantitative estimate of drug-likeness (QED) is 0.495. The first kappa shape index (κ1) is 22.2. The highest BCUT2D eigenvalue weighted by Crippen LogP contribution is 2.36. The van der Waals surface area contributed by atoms with Gasteiger partial charge in [-0.15, -0.1) is 0 Å². The molecule has 162 valence electrons. The van der Waals surface area contributed by atoms with Crippen LogP contribution in [-0.4, -0.2) is 36.6 Å². The van der Waals surface area contributed by atoms with E-state index in [2.05, 4.69) is 15.3 Å². The molecule has 1 atom stereocenters. The average Bonchev–Trinajstić information content (AvgIpc) is 2.82. The van der Waals surface area contributed by atoms with Crippen molar-refractivity contribution in [1.82, 2.24) is 15.3 Å². The Morgan fingerprint density at radius 1 is 1.00 bits per heavy atom. The summed E-state index contributed by atoms with van der Waals surface area (Å²) in [6.45, 7) is 0.539. The van der Waals surface area contributed by atoms with Crippen LogP contribution >= 0.6 is 0 Å². The van der Waals surface area contributed by atoms with Crippen LogP contribution < -0.4 is 20.5 Å². The maximum absolute atomic E-state index is 13.0. The smallest absolute Gasteiger partial charge is 0.242 e. The maximum atomic E-state index is 13.0. The van der Waals surface area contributed by atoms with Crippen LogP contribution in [0, 0.1) is 0 Å². The Labute approximate surface area is 182 Å². The second-order valence-electron chi connectivity index (χ2n) is 7.24. The lowest BCUT2D eigenvalue weighted by Gasteiger charge is -2.34. The van der Waals surface area contributed by atoms with Crippen LogP contribution in [0.15, 0.2) is 67.3 Å². The first-order valence-corrected chi connectivity index (χ1v) is 10.1. The molecule has 0 radical (unpaired) electrons. The van der Waals surface area contributed by atoms with Gasteiger partial charge < -0.3 is 15.2 Å². The van der Waals surface area contributed by atoms with Crippen LogP contribution in [-0.2, 0) is 23.2 Å². The van der Waals surface area contributed by atoms with Crippen LogP contribution in [0.3, 0.4) is 0 Å². The van der Waals surface area contributed by atoms with Gasteiger partial charge in [0.2, 0.25) is 5.91 Å². The number of nitrogens with one attached hydrogen (secondary N) is 1. The number of aryl methyl sites for hydroxylation is 1. The SMILES string of the molecule is COc1ccc(C(CCc2cccnc2)(NCCc2cccnc2)C(N)=O)c(OC)c1. The van der Waals surface area contributed by atoms with Crippen molar-refractivity contribution in [1.29, 1.82) is 0 Å². The Hall–Kier alpha value is -3.45. The number of methoxy groups -OCH3 is 2. The number of nitrogens with zero attached hydrogens (tertiary/aromatic N) is 2. The summed E-state index contributed by atoms with van der Waals surface area (Å²) < 4.78 is 10.9. The van der Waals surface area contributed by atoms with Gasteiger partial charge in [0.05, 0.1) is 14.2 Å². The topological polar surface area (TPSA) is 99.4 Å². The molecule has 0 spiro atoms. The van der Waals surface area contributed by atoms with E-state index < -0.39 is 11.4 Å². The van der Waals surface area contributed by atoms with Crippen molar-refractivity contribution in [2.24, 2.45) is 5.73 Å². The summed E-state index contributed by atoms with van der Waals surface area (Å²) in [5.74, 6) is 0.714. The second-order valence-corrected chi connectivity index (χ2v) is 7.24. The van der Waals surface area contributed by atoms with Crippen LogP contribution in [0.5, 0.6) is 11.5 Å². The largest absolute Gasteiger partial charge is 0.497 e. The van der Waals surface area contributed by atoms with Crippen LogP contribution in [0.4, 0.5) is 0 Å². The average molecular weight is 421 g/mol. The Balaban J connectivity index is 1.94. The molecule has 0 aliphatic heterocycles. The molecular weight excluding hydrogens is 392 g/mol. The first-order valence-electron chi connectivity index (χ1n) is 10.1. The molecule has 1 aromatic carbocycles. The van der Waals surface area contributed by atoms with Crippen molar-refractivity contribution in [2.75, 3.05) is 20.8 Å². The number of amides is 1. The van der Waals surface area contributed by atoms with E-state index in [1.54, 1.807) is 38.9 Å². The van der Waals surface area contributed by atoms with Gasteiger partial charge >= 0.3 is 0 Å². The lowest BCUT2D eigenvalue weighted by atomic mass is 9.82. The molecule has 0 saturated carbocycles. The summed E-state index contributed by atoms with van der Waals surface area (Å²) in [7, 11) is 3.16. The monoisotopic (exact) mass is 420 g/mol. The Bertz CT molecular complexity index is 983. The van der Waals surface area contributed by atoms with Crippen molar-refractivity contribution in [3.63, 3.8) is 0 Å². The van der Waals surface area contributed by atoms with E-state index in [-0.39, 0.29) is 0 Å². The highest BCUT2D eigenvalue weighted by Gasteiger charge is 2.40. The van der Waals surface area contributed by atoms with Crippen LogP contribution in [0.25, 0.3) is 0 Å². The molecule has 1 amide bonds. The number of aromatic nitrogens is 2. The molecule has 0 saturated heterocycles. The van der Waals surface area contributed by atoms with Crippen molar-refractivity contribution < 1.29 is 14.3 Å². The minimum Gasteiger partial charge on any atom is -0.497 e. The van der Waals surface area contributed by atoms with Crippen LogP contribution in [0.2, 0.25) is 0 Å². The van der Waals surface area contributed by atoms with Crippen LogP contribution in [0.1, 0.15) is 23.1 Å². The fraction of sp³-hybridized carbons (Fsp3) is 0.292. The molecule has 3 aromatic rings. The zero-order valence-corrected chi connectivity index (χ0v) is 17.9. The van der Waals surface area contributed by atoms with E-state index in [9.17, 15) is 4.79 Å². The summed E-state index contributed by atoms with van der Waals surface area (Å²) in [5.41, 5.74) is 7.67. The van der Waals surface area contributed by atoms with Gasteiger partial charge in [-0.1, -0.05) is 12.1 Å². The maximum Gasteiger partial charge on any atom is 0.242 e. The molecule has 3 N–H and O–H groups in total. The van der Waals surface area contributed by atoms with E-state index >= 15 is 0 Å². The van der Waals surface area contributed by atoms with Gasteiger partial charge in [0, 0.05) is 43.0 Å². The summed E-state index contributed by atoms with van der Waals surface area (Å²) in [5, 5.41) is 3.44. The van der Waals surface area contributed by atoms with E-state index in [0.29, 0.717) is 42.9 Å². The van der Waals surface area contributed by atoms with E-state index in [4.69, 9.17) is 15.2 Å². The van der Waals surface area contributed by atoms with Gasteiger partial charge in [0.25, 0.3) is 0 Å². The van der Waals surface area contributed by atoms with Gasteiger partial charge in [0.15, 0.2) is 0 Å². The third kappa shape index (κ3) is 5.38. The number of rotatable bonds is 11. The minimum absolute atomic E-state index is 0.448. The van der Waals surface area contributed by atoms with Gasteiger partial charge in [-0.05, 0) is 54.7 Å². The molecule has 3 rings (SSSR count). The Kier molecular flexibility index (Phi) is 7.56. The third-order valence-corrected chi connectivity index (χ3v) is 5.36. The summed E-state index contributed by atoms with van der Waals surface area (Å²) in [4.78, 5) is 21.3. The minimum atomic E-state index is -1.13. The number of benzene rings is 1. The van der Waals surface area contributed by atoms with Gasteiger partial charge in [0.1, 0.15) is 17.0 Å². The number of carbonyl (C=O) groups is 1. The number of carbonyl (C=O) groups excluding carboxylic acids is 1. The van der Waals surface area contributed by atoms with Gasteiger partial charge in [-0.3, -0.25) is 20.1 Å². The van der Waals surface area contributed by atoms with Crippen molar-refractivity contribution in [3.05, 3.63) is 83.9 Å². The molecule has 0 aliphatic carbocycles. The van der Waals surface area contributed by atoms with E-state index in [0.717, 1.165) is 11.1 Å². The normalized spacial score (nSPS) is 12.7. The third-order valence-electron chi connectivity index (χ3n) is 5.36. The van der Waals surface area contributed by atoms with Crippen molar-refractivity contribution in [2.45, 2.75) is 24.8 Å². The predicted octanol–water partition coefficient (Wildman–Crippen LogP) is 2.64. The predicted molar refractivity (Wildman–Crippen MR) is 119 cm³/mol. The number of ether oxygens (including phenoxy) is 2. The summed E-state index contributed by atoms with van der Waals surface area (Å²) >= 11 is 0. The number of hydrogen-bond acceptors (Lipinski definition) is 6. The molecular formula is C24H28N4O3. The number of nitrogens with two attached hydrogens (primary N) is 1. The van der Waals surface area contributed by atoms with Gasteiger partial charge in [-0.2, -0.15) is 0 Å². The Morgan fingerprint density at radius 3 is 2.23 bits per heavy atom. The second kappa shape index (κ2) is 10.5. The molecule has 0 fully saturated rings. The zero-order valence-electron chi connectivity index (χ0n) is 17.9. The van der Waals surface area contributed by atoms with E-state index in [1.165, 1.54) is 0 Å². The Morgan fingerprint density at radius 2 is 1.68 bits per heavy atom. The summed E-state index contributed by atoms with van der Waals surface area (Å²) in [6, 6.07) is 13.2. The van der Waals surface area contributed by atoms with E-state index in [1.807, 2.05) is 42.6 Å². The number of hydrogen-bond donors (Lipinski definition) is 2. The molecule has 1 unspecified atom stereocenters. The molecule has 2 heterocycles. The lowest BCUT2D eigenvalue weighted by molar-refractivity contribution is -0.125. The molecule has 7 heteroatoms. The molecule has 7 nitrogen and oxygen atoms in total. The highest BCUT2D eigenvalue weighted by molar-refractivity contribution is 5.87. The number of pyridine rings is 2. The van der Waals surface area contributed by atoms with Crippen molar-refractivity contribution >= 4 is 5.91 Å². The zero-order chi connectivity index (χ0) is 22.1. The molecule has 0 bridgehead atoms. The fourth-order valence-corrected chi connectivity index (χ4v) is 3.66. The highest BCUT2D eigenvalue weighted by atomic mass is 16.5. The fourth-order valence-electron chi connectivity index (χ4n) is 3.66.